The average Bonchev–Trinajstić information content (AvgIpc) is 3.14. The Balaban J connectivity index is 1.47. The van der Waals surface area contributed by atoms with Gasteiger partial charge in [0.15, 0.2) is 11.5 Å². The molecule has 0 bridgehead atoms. The van der Waals surface area contributed by atoms with Gasteiger partial charge in [0.2, 0.25) is 11.8 Å². The molecule has 2 amide bonds. The molecule has 1 saturated heterocycles. The van der Waals surface area contributed by atoms with E-state index in [1.807, 2.05) is 37.3 Å². The summed E-state index contributed by atoms with van der Waals surface area (Å²) in [5, 5.41) is 0.659. The van der Waals surface area contributed by atoms with E-state index in [0.29, 0.717) is 36.3 Å². The van der Waals surface area contributed by atoms with Gasteiger partial charge in [-0.25, -0.2) is 0 Å². The molecule has 152 valence electrons. The van der Waals surface area contributed by atoms with Gasteiger partial charge in [0, 0.05) is 36.8 Å². The molecule has 2 aromatic rings. The Labute approximate surface area is 174 Å². The van der Waals surface area contributed by atoms with Crippen LogP contribution in [0.2, 0.25) is 5.02 Å². The van der Waals surface area contributed by atoms with Gasteiger partial charge in [-0.2, -0.15) is 0 Å². The van der Waals surface area contributed by atoms with Crippen LogP contribution >= 0.6 is 11.6 Å². The number of rotatable bonds is 4. The van der Waals surface area contributed by atoms with Crippen molar-refractivity contribution in [1.82, 2.24) is 4.90 Å². The van der Waals surface area contributed by atoms with Crippen LogP contribution in [0, 0.1) is 5.92 Å². The third kappa shape index (κ3) is 3.90. The predicted molar refractivity (Wildman–Crippen MR) is 111 cm³/mol. The average molecular weight is 415 g/mol. The van der Waals surface area contributed by atoms with Gasteiger partial charge in [0.05, 0.1) is 12.0 Å². The first-order chi connectivity index (χ1) is 13.9. The minimum Gasteiger partial charge on any atom is -0.486 e. The smallest absolute Gasteiger partial charge is 0.228 e. The van der Waals surface area contributed by atoms with Gasteiger partial charge in [0.1, 0.15) is 13.2 Å². The van der Waals surface area contributed by atoms with Crippen molar-refractivity contribution in [3.05, 3.63) is 53.1 Å². The zero-order valence-electron chi connectivity index (χ0n) is 16.4. The molecule has 2 unspecified atom stereocenters. The number of hydrogen-bond acceptors (Lipinski definition) is 4. The summed E-state index contributed by atoms with van der Waals surface area (Å²) in [6.07, 6.45) is 0.199. The number of carbonyl (C=O) groups excluding carboxylic acids is 2. The van der Waals surface area contributed by atoms with Crippen molar-refractivity contribution in [3.8, 4) is 11.5 Å². The van der Waals surface area contributed by atoms with Gasteiger partial charge in [-0.15, -0.1) is 0 Å². The van der Waals surface area contributed by atoms with Crippen molar-refractivity contribution < 1.29 is 19.1 Å². The monoisotopic (exact) mass is 414 g/mol. The number of benzene rings is 2. The van der Waals surface area contributed by atoms with Crippen molar-refractivity contribution >= 4 is 29.1 Å². The second kappa shape index (κ2) is 7.95. The number of anilines is 1. The molecular weight excluding hydrogens is 392 g/mol. The highest BCUT2D eigenvalue weighted by Gasteiger charge is 2.37. The molecule has 1 fully saturated rings. The first kappa shape index (κ1) is 19.6. The maximum Gasteiger partial charge on any atom is 0.228 e. The van der Waals surface area contributed by atoms with Gasteiger partial charge in [-0.1, -0.05) is 23.7 Å². The lowest BCUT2D eigenvalue weighted by Gasteiger charge is -2.28. The van der Waals surface area contributed by atoms with Crippen LogP contribution in [0.3, 0.4) is 0 Å². The van der Waals surface area contributed by atoms with E-state index in [1.165, 1.54) is 0 Å². The molecule has 0 N–H and O–H groups in total. The van der Waals surface area contributed by atoms with Crippen LogP contribution < -0.4 is 14.4 Å². The van der Waals surface area contributed by atoms with Crippen molar-refractivity contribution in [2.24, 2.45) is 5.92 Å². The fourth-order valence-corrected chi connectivity index (χ4v) is 3.89. The molecule has 0 saturated carbocycles. The normalized spacial score (nSPS) is 19.2. The maximum atomic E-state index is 13.1. The van der Waals surface area contributed by atoms with Gasteiger partial charge in [0.25, 0.3) is 0 Å². The molecule has 2 atom stereocenters. The van der Waals surface area contributed by atoms with E-state index in [9.17, 15) is 9.59 Å². The number of nitrogens with zero attached hydrogens (tertiary/aromatic N) is 2. The molecule has 29 heavy (non-hydrogen) atoms. The molecule has 2 heterocycles. The minimum atomic E-state index is -0.379. The molecule has 2 aliphatic heterocycles. The van der Waals surface area contributed by atoms with Crippen molar-refractivity contribution in [3.63, 3.8) is 0 Å². The first-order valence-electron chi connectivity index (χ1n) is 9.66. The lowest BCUT2D eigenvalue weighted by molar-refractivity contribution is -0.136. The molecule has 2 aliphatic rings. The van der Waals surface area contributed by atoms with E-state index in [1.54, 1.807) is 29.0 Å². The van der Waals surface area contributed by atoms with Crippen LogP contribution in [0.25, 0.3) is 0 Å². The van der Waals surface area contributed by atoms with Crippen molar-refractivity contribution in [2.45, 2.75) is 19.4 Å². The number of hydrogen-bond donors (Lipinski definition) is 0. The SMILES string of the molecule is CC(c1ccc(Cl)cc1)N(C)C(=O)C1CC(=O)N(c2ccc3c(c2)OCCO3)C1. The zero-order chi connectivity index (χ0) is 20.5. The standard InChI is InChI=1S/C22H23ClN2O4/c1-14(15-3-5-17(23)6-4-15)24(2)22(27)16-11-21(26)25(13-16)18-7-8-19-20(12-18)29-10-9-28-19/h3-8,12,14,16H,9-11,13H2,1-2H3. The largest absolute Gasteiger partial charge is 0.486 e. The van der Waals surface area contributed by atoms with E-state index in [2.05, 4.69) is 0 Å². The van der Waals surface area contributed by atoms with Crippen LogP contribution in [0.1, 0.15) is 24.9 Å². The van der Waals surface area contributed by atoms with E-state index in [-0.39, 0.29) is 30.2 Å². The summed E-state index contributed by atoms with van der Waals surface area (Å²) in [6.45, 7) is 3.33. The summed E-state index contributed by atoms with van der Waals surface area (Å²) in [6, 6.07) is 12.8. The second-order valence-electron chi connectivity index (χ2n) is 7.41. The fraction of sp³-hybridized carbons (Fsp3) is 0.364. The molecule has 0 aliphatic carbocycles. The van der Waals surface area contributed by atoms with Crippen molar-refractivity contribution in [1.29, 1.82) is 0 Å². The third-order valence-corrected chi connectivity index (χ3v) is 5.84. The van der Waals surface area contributed by atoms with Gasteiger partial charge in [-0.3, -0.25) is 9.59 Å². The Kier molecular flexibility index (Phi) is 5.37. The molecule has 7 heteroatoms. The summed E-state index contributed by atoms with van der Waals surface area (Å²) in [7, 11) is 1.78. The third-order valence-electron chi connectivity index (χ3n) is 5.59. The Hall–Kier alpha value is -2.73. The minimum absolute atomic E-state index is 0.0409. The van der Waals surface area contributed by atoms with Gasteiger partial charge in [-0.05, 0) is 36.8 Å². The van der Waals surface area contributed by atoms with Gasteiger partial charge >= 0.3 is 0 Å². The summed E-state index contributed by atoms with van der Waals surface area (Å²) in [4.78, 5) is 29.0. The Bertz CT molecular complexity index is 931. The van der Waals surface area contributed by atoms with E-state index >= 15 is 0 Å². The molecule has 2 aromatic carbocycles. The number of amides is 2. The van der Waals surface area contributed by atoms with Crippen LogP contribution in [0.15, 0.2) is 42.5 Å². The molecule has 0 spiro atoms. The number of fused-ring (bicyclic) bond motifs is 1. The van der Waals surface area contributed by atoms with Crippen LogP contribution in [-0.4, -0.2) is 43.5 Å². The lowest BCUT2D eigenvalue weighted by atomic mass is 10.0. The quantitative estimate of drug-likeness (QED) is 0.765. The second-order valence-corrected chi connectivity index (χ2v) is 7.85. The summed E-state index contributed by atoms with van der Waals surface area (Å²) >= 11 is 5.96. The van der Waals surface area contributed by atoms with E-state index in [4.69, 9.17) is 21.1 Å². The van der Waals surface area contributed by atoms with Gasteiger partial charge < -0.3 is 19.3 Å². The summed E-state index contributed by atoms with van der Waals surface area (Å²) in [5.74, 6) is 0.824. The summed E-state index contributed by atoms with van der Waals surface area (Å²) in [5.41, 5.74) is 1.72. The van der Waals surface area contributed by atoms with Crippen LogP contribution in [0.5, 0.6) is 11.5 Å². The van der Waals surface area contributed by atoms with Crippen LogP contribution in [-0.2, 0) is 9.59 Å². The molecule has 4 rings (SSSR count). The summed E-state index contributed by atoms with van der Waals surface area (Å²) < 4.78 is 11.1. The number of halogens is 1. The highest BCUT2D eigenvalue weighted by Crippen LogP contribution is 2.36. The highest BCUT2D eigenvalue weighted by atomic mass is 35.5. The predicted octanol–water partition coefficient (Wildman–Crippen LogP) is 3.68. The Morgan fingerprint density at radius 1 is 1.14 bits per heavy atom. The highest BCUT2D eigenvalue weighted by molar-refractivity contribution is 6.30. The number of ether oxygens (including phenoxy) is 2. The topological polar surface area (TPSA) is 59.1 Å². The zero-order valence-corrected chi connectivity index (χ0v) is 17.2. The van der Waals surface area contributed by atoms with Crippen LogP contribution in [0.4, 0.5) is 5.69 Å². The molecule has 0 radical (unpaired) electrons. The molecule has 6 nitrogen and oxygen atoms in total. The fourth-order valence-electron chi connectivity index (χ4n) is 3.77. The first-order valence-corrected chi connectivity index (χ1v) is 10.0. The lowest BCUT2D eigenvalue weighted by Crippen LogP contribution is -2.36. The molecule has 0 aromatic heterocycles. The Morgan fingerprint density at radius 3 is 2.55 bits per heavy atom. The molecular formula is C22H23ClN2O4. The maximum absolute atomic E-state index is 13.1. The Morgan fingerprint density at radius 2 is 1.83 bits per heavy atom. The van der Waals surface area contributed by atoms with Crippen molar-refractivity contribution in [2.75, 3.05) is 31.7 Å². The van der Waals surface area contributed by atoms with E-state index in [0.717, 1.165) is 11.3 Å². The van der Waals surface area contributed by atoms with E-state index < -0.39 is 0 Å². The number of carbonyl (C=O) groups is 2.